The zero-order valence-corrected chi connectivity index (χ0v) is 16.0. The van der Waals surface area contributed by atoms with Crippen LogP contribution in [0.1, 0.15) is 30.2 Å². The summed E-state index contributed by atoms with van der Waals surface area (Å²) in [4.78, 5) is 21.6. The highest BCUT2D eigenvalue weighted by atomic mass is 16.2. The van der Waals surface area contributed by atoms with Crippen LogP contribution in [0.4, 0.5) is 11.5 Å². The molecule has 2 N–H and O–H groups in total. The van der Waals surface area contributed by atoms with Crippen LogP contribution in [0.5, 0.6) is 0 Å². The molecule has 27 heavy (non-hydrogen) atoms. The van der Waals surface area contributed by atoms with Crippen molar-refractivity contribution < 1.29 is 4.79 Å². The average Bonchev–Trinajstić information content (AvgIpc) is 3.10. The molecule has 3 heterocycles. The highest BCUT2D eigenvalue weighted by Crippen LogP contribution is 2.29. The smallest absolute Gasteiger partial charge is 0.223 e. The molecule has 1 aromatic carbocycles. The van der Waals surface area contributed by atoms with Crippen LogP contribution in [0, 0.1) is 13.8 Å². The first-order valence-electron chi connectivity index (χ1n) is 9.04. The summed E-state index contributed by atoms with van der Waals surface area (Å²) in [6, 6.07) is 9.96. The molecular formula is C21H25N5O. The van der Waals surface area contributed by atoms with E-state index in [0.29, 0.717) is 5.82 Å². The van der Waals surface area contributed by atoms with Crippen LogP contribution in [-0.2, 0) is 11.2 Å². The van der Waals surface area contributed by atoms with Gasteiger partial charge in [-0.1, -0.05) is 6.07 Å². The number of nitrogens with two attached hydrogens (primary N) is 1. The largest absolute Gasteiger partial charge is 0.384 e. The Morgan fingerprint density at radius 2 is 1.96 bits per heavy atom. The minimum absolute atomic E-state index is 0.118. The molecule has 0 saturated carbocycles. The number of nitrogen functional groups attached to an aromatic ring is 1. The van der Waals surface area contributed by atoms with Gasteiger partial charge in [0, 0.05) is 37.2 Å². The molecule has 1 amide bonds. The normalized spacial score (nSPS) is 12.8. The summed E-state index contributed by atoms with van der Waals surface area (Å²) in [5.41, 5.74) is 10.9. The van der Waals surface area contributed by atoms with Crippen LogP contribution in [-0.4, -0.2) is 27.0 Å². The fraction of sp³-hybridized carbons (Fsp3) is 0.286. The molecule has 2 aromatic heterocycles. The first-order chi connectivity index (χ1) is 12.9. The third-order valence-corrected chi connectivity index (χ3v) is 4.51. The summed E-state index contributed by atoms with van der Waals surface area (Å²) >= 11 is 0. The Morgan fingerprint density at radius 3 is 2.56 bits per heavy atom. The lowest BCUT2D eigenvalue weighted by molar-refractivity contribution is -0.116. The Kier molecular flexibility index (Phi) is 5.54. The number of imidazole rings is 1. The van der Waals surface area contributed by atoms with Crippen LogP contribution in [0.25, 0.3) is 5.69 Å². The van der Waals surface area contributed by atoms with Crippen LogP contribution < -0.4 is 10.6 Å². The minimum atomic E-state index is 0.118. The molecular weight excluding hydrogens is 338 g/mol. The maximum atomic E-state index is 11.6. The maximum Gasteiger partial charge on any atom is 0.223 e. The summed E-state index contributed by atoms with van der Waals surface area (Å²) in [7, 11) is 0. The van der Waals surface area contributed by atoms with E-state index in [1.165, 1.54) is 5.56 Å². The Hall–Kier alpha value is -3.15. The molecule has 6 heteroatoms. The van der Waals surface area contributed by atoms with E-state index in [0.717, 1.165) is 42.0 Å². The van der Waals surface area contributed by atoms with Gasteiger partial charge in [0.15, 0.2) is 0 Å². The average molecular weight is 363 g/mol. The first-order valence-corrected chi connectivity index (χ1v) is 9.04. The third-order valence-electron chi connectivity index (χ3n) is 4.51. The van der Waals surface area contributed by atoms with E-state index in [1.807, 2.05) is 54.0 Å². The van der Waals surface area contributed by atoms with Gasteiger partial charge in [-0.15, -0.1) is 0 Å². The number of aromatic nitrogens is 3. The summed E-state index contributed by atoms with van der Waals surface area (Å²) in [5, 5.41) is 0. The van der Waals surface area contributed by atoms with E-state index < -0.39 is 0 Å². The second-order valence-corrected chi connectivity index (χ2v) is 6.77. The minimum Gasteiger partial charge on any atom is -0.384 e. The Morgan fingerprint density at radius 1 is 1.15 bits per heavy atom. The van der Waals surface area contributed by atoms with Gasteiger partial charge in [0.2, 0.25) is 5.91 Å². The number of anilines is 2. The van der Waals surface area contributed by atoms with Crippen LogP contribution in [0.15, 0.2) is 49.1 Å². The molecule has 0 fully saturated rings. The quantitative estimate of drug-likeness (QED) is 0.718. The molecule has 1 aliphatic heterocycles. The summed E-state index contributed by atoms with van der Waals surface area (Å²) < 4.78 is 2.02. The number of fused-ring (bicyclic) bond motifs is 1. The van der Waals surface area contributed by atoms with Crippen molar-refractivity contribution in [2.24, 2.45) is 0 Å². The van der Waals surface area contributed by atoms with Crippen molar-refractivity contribution in [3.63, 3.8) is 0 Å². The molecule has 1 aliphatic rings. The number of carbonyl (C=O) groups is 1. The number of aryl methyl sites for hydroxylation is 3. The fourth-order valence-electron chi connectivity index (χ4n) is 3.11. The number of pyridine rings is 1. The molecule has 0 radical (unpaired) electrons. The van der Waals surface area contributed by atoms with E-state index in [4.69, 9.17) is 5.73 Å². The van der Waals surface area contributed by atoms with Gasteiger partial charge in [-0.05, 0) is 62.1 Å². The second kappa shape index (κ2) is 8.03. The second-order valence-electron chi connectivity index (χ2n) is 6.77. The van der Waals surface area contributed by atoms with E-state index >= 15 is 0 Å². The SMILES string of the molecule is CC(=O)N1CCCc2cc(-n3cnc(C)c3)ccc21.Cc1ccc(N)nc1. The van der Waals surface area contributed by atoms with Crippen molar-refractivity contribution in [3.05, 3.63) is 65.9 Å². The molecule has 0 saturated heterocycles. The van der Waals surface area contributed by atoms with Crippen LogP contribution >= 0.6 is 0 Å². The van der Waals surface area contributed by atoms with Gasteiger partial charge >= 0.3 is 0 Å². The number of rotatable bonds is 1. The first kappa shape index (κ1) is 18.6. The van der Waals surface area contributed by atoms with Gasteiger partial charge in [-0.2, -0.15) is 0 Å². The van der Waals surface area contributed by atoms with Gasteiger partial charge in [0.25, 0.3) is 0 Å². The van der Waals surface area contributed by atoms with Gasteiger partial charge in [0.1, 0.15) is 5.82 Å². The Bertz CT molecular complexity index is 909. The third kappa shape index (κ3) is 4.53. The predicted molar refractivity (Wildman–Crippen MR) is 108 cm³/mol. The lowest BCUT2D eigenvalue weighted by Crippen LogP contribution is -2.33. The molecule has 6 nitrogen and oxygen atoms in total. The number of hydrogen-bond donors (Lipinski definition) is 1. The molecule has 0 spiro atoms. The summed E-state index contributed by atoms with van der Waals surface area (Å²) in [5.74, 6) is 0.697. The standard InChI is InChI=1S/C15H17N3O.C6H8N2/c1-11-9-17(10-16-11)14-5-6-15-13(8-14)4-3-7-18(15)12(2)19;1-5-2-3-6(7)8-4-5/h5-6,8-10H,3-4,7H2,1-2H3;2-4H,1H3,(H2,7,8). The van der Waals surface area contributed by atoms with Crippen molar-refractivity contribution in [1.29, 1.82) is 0 Å². The number of amides is 1. The van der Waals surface area contributed by atoms with Gasteiger partial charge in [-0.25, -0.2) is 9.97 Å². The fourth-order valence-corrected chi connectivity index (χ4v) is 3.11. The predicted octanol–water partition coefficient (Wildman–Crippen LogP) is 3.45. The molecule has 4 rings (SSSR count). The zero-order valence-electron chi connectivity index (χ0n) is 16.0. The van der Waals surface area contributed by atoms with Crippen molar-refractivity contribution in [3.8, 4) is 5.69 Å². The van der Waals surface area contributed by atoms with Crippen molar-refractivity contribution in [2.45, 2.75) is 33.6 Å². The molecule has 140 valence electrons. The Labute approximate surface area is 159 Å². The number of carbonyl (C=O) groups excluding carboxylic acids is 1. The highest BCUT2D eigenvalue weighted by molar-refractivity contribution is 5.93. The van der Waals surface area contributed by atoms with Gasteiger partial charge in [0.05, 0.1) is 12.0 Å². The molecule has 0 atom stereocenters. The van der Waals surface area contributed by atoms with Gasteiger partial charge in [-0.3, -0.25) is 4.79 Å². The number of benzene rings is 1. The van der Waals surface area contributed by atoms with Crippen molar-refractivity contribution >= 4 is 17.4 Å². The van der Waals surface area contributed by atoms with Crippen LogP contribution in [0.3, 0.4) is 0 Å². The lowest BCUT2D eigenvalue weighted by Gasteiger charge is -2.29. The lowest BCUT2D eigenvalue weighted by atomic mass is 10.0. The highest BCUT2D eigenvalue weighted by Gasteiger charge is 2.20. The van der Waals surface area contributed by atoms with E-state index in [1.54, 1.807) is 19.2 Å². The number of nitrogens with zero attached hydrogens (tertiary/aromatic N) is 4. The van der Waals surface area contributed by atoms with E-state index in [2.05, 4.69) is 16.0 Å². The Balaban J connectivity index is 0.000000221. The van der Waals surface area contributed by atoms with Crippen LogP contribution in [0.2, 0.25) is 0 Å². The summed E-state index contributed by atoms with van der Waals surface area (Å²) in [6.07, 6.45) is 7.63. The molecule has 3 aromatic rings. The molecule has 0 bridgehead atoms. The van der Waals surface area contributed by atoms with Crippen molar-refractivity contribution in [2.75, 3.05) is 17.2 Å². The monoisotopic (exact) mass is 363 g/mol. The maximum absolute atomic E-state index is 11.6. The van der Waals surface area contributed by atoms with Crippen molar-refractivity contribution in [1.82, 2.24) is 14.5 Å². The summed E-state index contributed by atoms with van der Waals surface area (Å²) in [6.45, 7) is 6.41. The van der Waals surface area contributed by atoms with Gasteiger partial charge < -0.3 is 15.2 Å². The molecule has 0 aliphatic carbocycles. The number of hydrogen-bond acceptors (Lipinski definition) is 4. The molecule has 0 unspecified atom stereocenters. The topological polar surface area (TPSA) is 77.0 Å². The van der Waals surface area contributed by atoms with E-state index in [9.17, 15) is 4.79 Å². The zero-order chi connectivity index (χ0) is 19.4. The van der Waals surface area contributed by atoms with E-state index in [-0.39, 0.29) is 5.91 Å².